The van der Waals surface area contributed by atoms with Crippen LogP contribution in [-0.2, 0) is 0 Å². The smallest absolute Gasteiger partial charge is 0.270 e. The second-order valence-corrected chi connectivity index (χ2v) is 6.30. The Morgan fingerprint density at radius 3 is 2.41 bits per heavy atom. The summed E-state index contributed by atoms with van der Waals surface area (Å²) in [5, 5.41) is 5.92. The molecule has 2 N–H and O–H groups in total. The molecule has 0 aliphatic carbocycles. The van der Waals surface area contributed by atoms with E-state index in [1.165, 1.54) is 18.3 Å². The van der Waals surface area contributed by atoms with Gasteiger partial charge in [0.25, 0.3) is 5.91 Å². The van der Waals surface area contributed by atoms with Gasteiger partial charge in [-0.1, -0.05) is 11.6 Å². The van der Waals surface area contributed by atoms with Crippen LogP contribution in [0.4, 0.5) is 15.8 Å². The summed E-state index contributed by atoms with van der Waals surface area (Å²) in [4.78, 5) is 16.1. The summed E-state index contributed by atoms with van der Waals surface area (Å²) in [6, 6.07) is 7.68. The number of aromatic nitrogens is 1. The van der Waals surface area contributed by atoms with Gasteiger partial charge in [-0.3, -0.25) is 4.79 Å². The van der Waals surface area contributed by atoms with E-state index in [0.29, 0.717) is 17.1 Å². The Morgan fingerprint density at radius 2 is 1.86 bits per heavy atom. The van der Waals surface area contributed by atoms with Gasteiger partial charge < -0.3 is 10.6 Å². The molecule has 0 atom stereocenters. The van der Waals surface area contributed by atoms with Crippen molar-refractivity contribution in [3.8, 4) is 0 Å². The molecule has 0 bridgehead atoms. The van der Waals surface area contributed by atoms with Gasteiger partial charge in [-0.15, -0.1) is 0 Å². The summed E-state index contributed by atoms with van der Waals surface area (Å²) in [7, 11) is 0. The molecule has 1 aromatic carbocycles. The summed E-state index contributed by atoms with van der Waals surface area (Å²) in [6.45, 7) is 5.71. The first kappa shape index (κ1) is 16.2. The summed E-state index contributed by atoms with van der Waals surface area (Å²) >= 11 is 5.72. The first-order valence-electron chi connectivity index (χ1n) is 6.75. The predicted molar refractivity (Wildman–Crippen MR) is 86.1 cm³/mol. The van der Waals surface area contributed by atoms with Crippen molar-refractivity contribution in [1.29, 1.82) is 0 Å². The summed E-state index contributed by atoms with van der Waals surface area (Å²) < 4.78 is 13.1. The standard InChI is InChI=1S/C16H17ClFN3O/c1-16(2,3)21-15(22)14-7-5-11(9-19-14)20-10-4-6-13(18)12(17)8-10/h4-9,20H,1-3H3,(H,21,22). The van der Waals surface area contributed by atoms with E-state index < -0.39 is 5.82 Å². The van der Waals surface area contributed by atoms with Crippen molar-refractivity contribution in [2.45, 2.75) is 26.3 Å². The number of anilines is 2. The van der Waals surface area contributed by atoms with E-state index in [4.69, 9.17) is 11.6 Å². The van der Waals surface area contributed by atoms with Crippen molar-refractivity contribution in [1.82, 2.24) is 10.3 Å². The lowest BCUT2D eigenvalue weighted by molar-refractivity contribution is 0.0914. The number of hydrogen-bond acceptors (Lipinski definition) is 3. The van der Waals surface area contributed by atoms with Gasteiger partial charge in [0.2, 0.25) is 0 Å². The van der Waals surface area contributed by atoms with Crippen molar-refractivity contribution in [2.75, 3.05) is 5.32 Å². The van der Waals surface area contributed by atoms with Gasteiger partial charge in [0.05, 0.1) is 16.9 Å². The zero-order valence-corrected chi connectivity index (χ0v) is 13.3. The van der Waals surface area contributed by atoms with Crippen LogP contribution in [0.5, 0.6) is 0 Å². The van der Waals surface area contributed by atoms with E-state index in [0.717, 1.165) is 0 Å². The zero-order valence-electron chi connectivity index (χ0n) is 12.6. The minimum absolute atomic E-state index is 0.0409. The van der Waals surface area contributed by atoms with Crippen LogP contribution in [-0.4, -0.2) is 16.4 Å². The molecule has 0 saturated heterocycles. The maximum absolute atomic E-state index is 13.1. The van der Waals surface area contributed by atoms with Crippen LogP contribution in [0.3, 0.4) is 0 Å². The number of halogens is 2. The highest BCUT2D eigenvalue weighted by Gasteiger charge is 2.16. The van der Waals surface area contributed by atoms with E-state index in [-0.39, 0.29) is 16.5 Å². The van der Waals surface area contributed by atoms with Gasteiger partial charge in [-0.25, -0.2) is 9.37 Å². The lowest BCUT2D eigenvalue weighted by atomic mass is 10.1. The quantitative estimate of drug-likeness (QED) is 0.893. The Balaban J connectivity index is 2.08. The second-order valence-electron chi connectivity index (χ2n) is 5.89. The Labute approximate surface area is 133 Å². The molecule has 0 radical (unpaired) electrons. The average molecular weight is 322 g/mol. The predicted octanol–water partition coefficient (Wildman–Crippen LogP) is 4.15. The number of carbonyl (C=O) groups is 1. The van der Waals surface area contributed by atoms with Crippen LogP contribution in [0.15, 0.2) is 36.5 Å². The molecule has 0 aliphatic rings. The number of pyridine rings is 1. The number of rotatable bonds is 3. The first-order chi connectivity index (χ1) is 10.2. The molecule has 0 unspecified atom stereocenters. The Hall–Kier alpha value is -2.14. The minimum Gasteiger partial charge on any atom is -0.354 e. The number of amides is 1. The second kappa shape index (κ2) is 6.32. The van der Waals surface area contributed by atoms with Crippen molar-refractivity contribution >= 4 is 28.9 Å². The number of nitrogens with one attached hydrogen (secondary N) is 2. The molecule has 0 fully saturated rings. The Kier molecular flexibility index (Phi) is 4.66. The van der Waals surface area contributed by atoms with Crippen LogP contribution in [0.25, 0.3) is 0 Å². The summed E-state index contributed by atoms with van der Waals surface area (Å²) in [5.74, 6) is -0.705. The monoisotopic (exact) mass is 321 g/mol. The number of hydrogen-bond donors (Lipinski definition) is 2. The van der Waals surface area contributed by atoms with Crippen molar-refractivity contribution < 1.29 is 9.18 Å². The molecule has 2 aromatic rings. The number of benzene rings is 1. The van der Waals surface area contributed by atoms with Crippen molar-refractivity contribution in [3.05, 3.63) is 53.1 Å². The van der Waals surface area contributed by atoms with Gasteiger partial charge >= 0.3 is 0 Å². The molecule has 0 spiro atoms. The number of nitrogens with zero attached hydrogens (tertiary/aromatic N) is 1. The lowest BCUT2D eigenvalue weighted by Crippen LogP contribution is -2.40. The van der Waals surface area contributed by atoms with Gasteiger partial charge in [-0.2, -0.15) is 0 Å². The molecule has 0 saturated carbocycles. The van der Waals surface area contributed by atoms with E-state index in [1.807, 2.05) is 20.8 Å². The third-order valence-electron chi connectivity index (χ3n) is 2.69. The zero-order chi connectivity index (χ0) is 16.3. The van der Waals surface area contributed by atoms with Crippen LogP contribution in [0.2, 0.25) is 5.02 Å². The lowest BCUT2D eigenvalue weighted by Gasteiger charge is -2.20. The molecule has 0 aliphatic heterocycles. The molecule has 1 amide bonds. The topological polar surface area (TPSA) is 54.0 Å². The van der Waals surface area contributed by atoms with Gasteiger partial charge in [0.15, 0.2) is 0 Å². The highest BCUT2D eigenvalue weighted by atomic mass is 35.5. The molecule has 4 nitrogen and oxygen atoms in total. The largest absolute Gasteiger partial charge is 0.354 e. The van der Waals surface area contributed by atoms with E-state index in [9.17, 15) is 9.18 Å². The molecule has 22 heavy (non-hydrogen) atoms. The highest BCUT2D eigenvalue weighted by Crippen LogP contribution is 2.22. The van der Waals surface area contributed by atoms with Crippen LogP contribution in [0, 0.1) is 5.82 Å². The van der Waals surface area contributed by atoms with Crippen LogP contribution in [0.1, 0.15) is 31.3 Å². The normalized spacial score (nSPS) is 11.1. The van der Waals surface area contributed by atoms with Crippen LogP contribution < -0.4 is 10.6 Å². The maximum Gasteiger partial charge on any atom is 0.270 e. The highest BCUT2D eigenvalue weighted by molar-refractivity contribution is 6.31. The third-order valence-corrected chi connectivity index (χ3v) is 2.98. The third kappa shape index (κ3) is 4.43. The van der Waals surface area contributed by atoms with Gasteiger partial charge in [0, 0.05) is 11.2 Å². The maximum atomic E-state index is 13.1. The summed E-state index contributed by atoms with van der Waals surface area (Å²) in [6.07, 6.45) is 1.54. The Morgan fingerprint density at radius 1 is 1.18 bits per heavy atom. The van der Waals surface area contributed by atoms with E-state index in [1.54, 1.807) is 18.2 Å². The average Bonchev–Trinajstić information content (AvgIpc) is 2.42. The molecule has 1 heterocycles. The van der Waals surface area contributed by atoms with E-state index >= 15 is 0 Å². The molecule has 1 aromatic heterocycles. The fraction of sp³-hybridized carbons (Fsp3) is 0.250. The number of carbonyl (C=O) groups excluding carboxylic acids is 1. The molecule has 6 heteroatoms. The SMILES string of the molecule is CC(C)(C)NC(=O)c1ccc(Nc2ccc(F)c(Cl)c2)cn1. The molecule has 116 valence electrons. The first-order valence-corrected chi connectivity index (χ1v) is 7.13. The minimum atomic E-state index is -0.473. The van der Waals surface area contributed by atoms with Crippen molar-refractivity contribution in [3.63, 3.8) is 0 Å². The molecular formula is C16H17ClFN3O. The van der Waals surface area contributed by atoms with Crippen molar-refractivity contribution in [2.24, 2.45) is 0 Å². The van der Waals surface area contributed by atoms with E-state index in [2.05, 4.69) is 15.6 Å². The Bertz CT molecular complexity index is 681. The molecular weight excluding hydrogens is 305 g/mol. The molecule has 2 rings (SSSR count). The summed E-state index contributed by atoms with van der Waals surface area (Å²) in [5.41, 5.74) is 1.33. The fourth-order valence-corrected chi connectivity index (χ4v) is 1.93. The van der Waals surface area contributed by atoms with Crippen LogP contribution >= 0.6 is 11.6 Å². The fourth-order valence-electron chi connectivity index (χ4n) is 1.75. The van der Waals surface area contributed by atoms with Gasteiger partial charge in [0.1, 0.15) is 11.5 Å². The van der Waals surface area contributed by atoms with Gasteiger partial charge in [-0.05, 0) is 51.1 Å².